The first-order chi connectivity index (χ1) is 13.9. The van der Waals surface area contributed by atoms with Gasteiger partial charge in [0.25, 0.3) is 0 Å². The summed E-state index contributed by atoms with van der Waals surface area (Å²) in [7, 11) is -2.20. The molecule has 0 aliphatic carbocycles. The van der Waals surface area contributed by atoms with E-state index in [2.05, 4.69) is 10.6 Å². The first-order valence-corrected chi connectivity index (χ1v) is 11.1. The molecule has 0 atom stereocenters. The minimum Gasteiger partial charge on any atom is -0.495 e. The van der Waals surface area contributed by atoms with Gasteiger partial charge in [-0.1, -0.05) is 24.1 Å². The van der Waals surface area contributed by atoms with Gasteiger partial charge in [-0.2, -0.15) is 4.31 Å². The summed E-state index contributed by atoms with van der Waals surface area (Å²) in [4.78, 5) is 12.3. The van der Waals surface area contributed by atoms with Crippen molar-refractivity contribution in [1.29, 1.82) is 0 Å². The number of carbonyl (C=O) groups is 1. The molecule has 0 spiro atoms. The van der Waals surface area contributed by atoms with Crippen molar-refractivity contribution >= 4 is 27.3 Å². The standard InChI is InChI=1S/C21H27N3O4S/c1-16-6-8-17(9-7-16)23-21(25)15-22-18-10-11-19(28-2)20(14-18)29(26,27)24-12-4-3-5-13-24/h6-11,14,22H,3-5,12-13,15H2,1-2H3,(H,23,25). The van der Waals surface area contributed by atoms with Crippen LogP contribution in [0.1, 0.15) is 24.8 Å². The lowest BCUT2D eigenvalue weighted by molar-refractivity contribution is -0.114. The fourth-order valence-electron chi connectivity index (χ4n) is 3.26. The van der Waals surface area contributed by atoms with Crippen LogP contribution in [0.2, 0.25) is 0 Å². The van der Waals surface area contributed by atoms with Crippen LogP contribution in [-0.4, -0.2) is 45.4 Å². The molecular weight excluding hydrogens is 390 g/mol. The van der Waals surface area contributed by atoms with E-state index in [4.69, 9.17) is 4.74 Å². The van der Waals surface area contributed by atoms with Crippen LogP contribution in [0.4, 0.5) is 11.4 Å². The van der Waals surface area contributed by atoms with Crippen molar-refractivity contribution in [3.05, 3.63) is 48.0 Å². The van der Waals surface area contributed by atoms with E-state index in [0.717, 1.165) is 24.8 Å². The summed E-state index contributed by atoms with van der Waals surface area (Å²) in [5.41, 5.74) is 2.37. The Bertz CT molecular complexity index is 952. The molecule has 1 aliphatic heterocycles. The largest absolute Gasteiger partial charge is 0.495 e. The zero-order valence-electron chi connectivity index (χ0n) is 16.8. The van der Waals surface area contributed by atoms with Crippen molar-refractivity contribution in [3.63, 3.8) is 0 Å². The van der Waals surface area contributed by atoms with Gasteiger partial charge in [0.2, 0.25) is 15.9 Å². The number of benzene rings is 2. The number of ether oxygens (including phenoxy) is 1. The average molecular weight is 418 g/mol. The minimum absolute atomic E-state index is 0.0173. The smallest absolute Gasteiger partial charge is 0.246 e. The fourth-order valence-corrected chi connectivity index (χ4v) is 4.96. The predicted octanol–water partition coefficient (Wildman–Crippen LogP) is 3.23. The molecule has 1 amide bonds. The average Bonchev–Trinajstić information content (AvgIpc) is 2.74. The number of nitrogens with one attached hydrogen (secondary N) is 2. The van der Waals surface area contributed by atoms with E-state index in [9.17, 15) is 13.2 Å². The van der Waals surface area contributed by atoms with E-state index < -0.39 is 10.0 Å². The number of sulfonamides is 1. The van der Waals surface area contributed by atoms with Gasteiger partial charge in [0, 0.05) is 24.5 Å². The first kappa shape index (κ1) is 21.1. The zero-order valence-corrected chi connectivity index (χ0v) is 17.6. The third-order valence-corrected chi connectivity index (χ3v) is 6.80. The maximum atomic E-state index is 13.1. The van der Waals surface area contributed by atoms with Gasteiger partial charge in [0.1, 0.15) is 10.6 Å². The molecule has 7 nitrogen and oxygen atoms in total. The molecule has 2 aromatic rings. The van der Waals surface area contributed by atoms with Crippen LogP contribution >= 0.6 is 0 Å². The molecule has 0 bridgehead atoms. The zero-order chi connectivity index (χ0) is 20.9. The Morgan fingerprint density at radius 1 is 1.03 bits per heavy atom. The van der Waals surface area contributed by atoms with Crippen molar-refractivity contribution in [2.45, 2.75) is 31.1 Å². The molecule has 0 saturated carbocycles. The quantitative estimate of drug-likeness (QED) is 0.722. The maximum absolute atomic E-state index is 13.1. The highest BCUT2D eigenvalue weighted by Crippen LogP contribution is 2.31. The number of carbonyl (C=O) groups excluding carboxylic acids is 1. The number of anilines is 2. The number of aryl methyl sites for hydroxylation is 1. The van der Waals surface area contributed by atoms with Gasteiger partial charge in [-0.25, -0.2) is 8.42 Å². The Morgan fingerprint density at radius 2 is 1.69 bits per heavy atom. The molecule has 1 fully saturated rings. The van der Waals surface area contributed by atoms with Gasteiger partial charge in [0.05, 0.1) is 13.7 Å². The highest BCUT2D eigenvalue weighted by molar-refractivity contribution is 7.89. The second kappa shape index (κ2) is 9.28. The molecule has 0 unspecified atom stereocenters. The van der Waals surface area contributed by atoms with Crippen LogP contribution in [-0.2, 0) is 14.8 Å². The fraction of sp³-hybridized carbons (Fsp3) is 0.381. The first-order valence-electron chi connectivity index (χ1n) is 9.69. The summed E-state index contributed by atoms with van der Waals surface area (Å²) in [6, 6.07) is 12.4. The number of amides is 1. The molecule has 0 radical (unpaired) electrons. The second-order valence-corrected chi connectivity index (χ2v) is 9.00. The lowest BCUT2D eigenvalue weighted by atomic mass is 10.2. The lowest BCUT2D eigenvalue weighted by Crippen LogP contribution is -2.35. The Hall–Kier alpha value is -2.58. The number of methoxy groups -OCH3 is 1. The van der Waals surface area contributed by atoms with Gasteiger partial charge in [-0.3, -0.25) is 4.79 Å². The Morgan fingerprint density at radius 3 is 2.34 bits per heavy atom. The van der Waals surface area contributed by atoms with E-state index >= 15 is 0 Å². The molecule has 1 saturated heterocycles. The van der Waals surface area contributed by atoms with Crippen LogP contribution in [0.3, 0.4) is 0 Å². The summed E-state index contributed by atoms with van der Waals surface area (Å²) in [6.45, 7) is 3.03. The van der Waals surface area contributed by atoms with E-state index in [1.54, 1.807) is 12.1 Å². The van der Waals surface area contributed by atoms with E-state index in [-0.39, 0.29) is 17.3 Å². The third-order valence-electron chi connectivity index (χ3n) is 4.88. The monoisotopic (exact) mass is 417 g/mol. The summed E-state index contributed by atoms with van der Waals surface area (Å²) in [5, 5.41) is 5.80. The number of nitrogens with zero attached hydrogens (tertiary/aromatic N) is 1. The molecule has 0 aromatic heterocycles. The van der Waals surface area contributed by atoms with E-state index in [0.29, 0.717) is 30.2 Å². The molecule has 8 heteroatoms. The van der Waals surface area contributed by atoms with Crippen molar-refractivity contribution in [2.24, 2.45) is 0 Å². The highest BCUT2D eigenvalue weighted by atomic mass is 32.2. The number of hydrogen-bond acceptors (Lipinski definition) is 5. The van der Waals surface area contributed by atoms with Crippen LogP contribution in [0.5, 0.6) is 5.75 Å². The van der Waals surface area contributed by atoms with Crippen molar-refractivity contribution in [3.8, 4) is 5.75 Å². The SMILES string of the molecule is COc1ccc(NCC(=O)Nc2ccc(C)cc2)cc1S(=O)(=O)N1CCCCC1. The summed E-state index contributed by atoms with van der Waals surface area (Å²) < 4.78 is 32.9. The molecule has 3 rings (SSSR count). The van der Waals surface area contributed by atoms with Gasteiger partial charge in [-0.15, -0.1) is 0 Å². The van der Waals surface area contributed by atoms with Gasteiger partial charge < -0.3 is 15.4 Å². The topological polar surface area (TPSA) is 87.7 Å². The van der Waals surface area contributed by atoms with Crippen molar-refractivity contribution in [2.75, 3.05) is 37.4 Å². The third kappa shape index (κ3) is 5.27. The van der Waals surface area contributed by atoms with Crippen molar-refractivity contribution in [1.82, 2.24) is 4.31 Å². The summed E-state index contributed by atoms with van der Waals surface area (Å²) in [5.74, 6) is 0.0790. The number of rotatable bonds is 7. The summed E-state index contributed by atoms with van der Waals surface area (Å²) in [6.07, 6.45) is 2.76. The van der Waals surface area contributed by atoms with Gasteiger partial charge in [0.15, 0.2) is 0 Å². The maximum Gasteiger partial charge on any atom is 0.246 e. The molecular formula is C21H27N3O4S. The lowest BCUT2D eigenvalue weighted by Gasteiger charge is -2.26. The Balaban J connectivity index is 1.71. The number of hydrogen-bond donors (Lipinski definition) is 2. The predicted molar refractivity (Wildman–Crippen MR) is 114 cm³/mol. The Labute approximate surface area is 172 Å². The van der Waals surface area contributed by atoms with Gasteiger partial charge in [-0.05, 0) is 50.1 Å². The van der Waals surface area contributed by atoms with Gasteiger partial charge >= 0.3 is 0 Å². The van der Waals surface area contributed by atoms with Crippen LogP contribution in [0, 0.1) is 6.92 Å². The van der Waals surface area contributed by atoms with Crippen molar-refractivity contribution < 1.29 is 17.9 Å². The molecule has 29 heavy (non-hydrogen) atoms. The molecule has 2 N–H and O–H groups in total. The second-order valence-electron chi connectivity index (χ2n) is 7.10. The Kier molecular flexibility index (Phi) is 6.76. The number of piperidine rings is 1. The molecule has 156 valence electrons. The molecule has 1 heterocycles. The van der Waals surface area contributed by atoms with Crippen LogP contribution in [0.25, 0.3) is 0 Å². The van der Waals surface area contributed by atoms with E-state index in [1.165, 1.54) is 17.5 Å². The minimum atomic E-state index is -3.65. The molecule has 1 aliphatic rings. The normalized spacial score (nSPS) is 15.0. The van der Waals surface area contributed by atoms with E-state index in [1.807, 2.05) is 31.2 Å². The van der Waals surface area contributed by atoms with Crippen LogP contribution in [0.15, 0.2) is 47.4 Å². The summed E-state index contributed by atoms with van der Waals surface area (Å²) >= 11 is 0. The van der Waals surface area contributed by atoms with Crippen LogP contribution < -0.4 is 15.4 Å². The highest BCUT2D eigenvalue weighted by Gasteiger charge is 2.29. The molecule has 2 aromatic carbocycles.